The Labute approximate surface area is 145 Å². The first-order chi connectivity index (χ1) is 11.7. The molecular weight excluding hydrogens is 302 g/mol. The van der Waals surface area contributed by atoms with Gasteiger partial charge in [0.05, 0.1) is 11.3 Å². The number of allylic oxidation sites excluding steroid dienone is 9. The summed E-state index contributed by atoms with van der Waals surface area (Å²) >= 11 is 0. The summed E-state index contributed by atoms with van der Waals surface area (Å²) in [5, 5.41) is 11.0. The molecule has 0 N–H and O–H groups in total. The van der Waals surface area contributed by atoms with Crippen molar-refractivity contribution in [2.75, 3.05) is 0 Å². The molecule has 4 nitrogen and oxygen atoms in total. The first kappa shape index (κ1) is 21.8. The zero-order chi connectivity index (χ0) is 17.9. The lowest BCUT2D eigenvalue weighted by Gasteiger charge is -1.93. The molecule has 0 rings (SSSR count). The van der Waals surface area contributed by atoms with E-state index in [0.717, 1.165) is 38.4 Å². The van der Waals surface area contributed by atoms with Crippen molar-refractivity contribution in [3.8, 4) is 0 Å². The Hall–Kier alpha value is -2.23. The first-order valence-electron chi connectivity index (χ1n) is 8.59. The third-order valence-corrected chi connectivity index (χ3v) is 3.19. The van der Waals surface area contributed by atoms with Gasteiger partial charge in [0.25, 0.3) is 0 Å². The number of hydrogen-bond acceptors (Lipinski definition) is 3. The van der Waals surface area contributed by atoms with Crippen molar-refractivity contribution in [2.24, 2.45) is 0 Å². The second-order valence-electron chi connectivity index (χ2n) is 5.26. The van der Waals surface area contributed by atoms with E-state index in [9.17, 15) is 14.9 Å². The van der Waals surface area contributed by atoms with Crippen LogP contribution in [0.5, 0.6) is 0 Å². The fourth-order valence-electron chi connectivity index (χ4n) is 1.88. The molecule has 0 aromatic carbocycles. The molecule has 0 aliphatic rings. The maximum absolute atomic E-state index is 11.0. The highest BCUT2D eigenvalue weighted by Crippen LogP contribution is 2.07. The average Bonchev–Trinajstić information content (AvgIpc) is 2.57. The summed E-state index contributed by atoms with van der Waals surface area (Å²) in [6.45, 7) is 2.09. The third-order valence-electron chi connectivity index (χ3n) is 3.19. The molecule has 0 radical (unpaired) electrons. The van der Waals surface area contributed by atoms with Gasteiger partial charge >= 0.3 is 0 Å². The van der Waals surface area contributed by atoms with Crippen LogP contribution in [0, 0.1) is 10.1 Å². The minimum atomic E-state index is -0.315. The van der Waals surface area contributed by atoms with Crippen LogP contribution >= 0.6 is 0 Å². The van der Waals surface area contributed by atoms with Gasteiger partial charge in [0, 0.05) is 6.42 Å². The van der Waals surface area contributed by atoms with E-state index in [4.69, 9.17) is 0 Å². The summed E-state index contributed by atoms with van der Waals surface area (Å²) in [6, 6.07) is 0. The fourth-order valence-corrected chi connectivity index (χ4v) is 1.88. The number of hydrogen-bond donors (Lipinski definition) is 0. The molecule has 4 heteroatoms. The Morgan fingerprint density at radius 3 is 2.17 bits per heavy atom. The van der Waals surface area contributed by atoms with Crippen LogP contribution in [0.15, 0.2) is 60.4 Å². The van der Waals surface area contributed by atoms with Crippen molar-refractivity contribution in [1.29, 1.82) is 0 Å². The third kappa shape index (κ3) is 14.7. The molecule has 132 valence electrons. The topological polar surface area (TPSA) is 60.2 Å². The van der Waals surface area contributed by atoms with E-state index in [0.29, 0.717) is 19.3 Å². The van der Waals surface area contributed by atoms with E-state index < -0.39 is 0 Å². The van der Waals surface area contributed by atoms with Crippen LogP contribution in [0.4, 0.5) is 0 Å². The maximum Gasteiger partial charge on any atom is 0.246 e. The Morgan fingerprint density at radius 1 is 0.875 bits per heavy atom. The summed E-state index contributed by atoms with van der Waals surface area (Å²) in [6.07, 6.45) is 24.5. The number of unbranched alkanes of at least 4 members (excludes halogenated alkanes) is 2. The predicted octanol–water partition coefficient (Wildman–Crippen LogP) is 5.71. The van der Waals surface area contributed by atoms with Crippen molar-refractivity contribution >= 4 is 6.29 Å². The van der Waals surface area contributed by atoms with E-state index >= 15 is 0 Å². The van der Waals surface area contributed by atoms with Crippen LogP contribution in [0.25, 0.3) is 0 Å². The Balaban J connectivity index is 4.08. The summed E-state index contributed by atoms with van der Waals surface area (Å²) in [7, 11) is 0. The van der Waals surface area contributed by atoms with Gasteiger partial charge in [0.1, 0.15) is 6.29 Å². The van der Waals surface area contributed by atoms with Crippen molar-refractivity contribution in [1.82, 2.24) is 0 Å². The van der Waals surface area contributed by atoms with Crippen LogP contribution in [0.1, 0.15) is 58.3 Å². The van der Waals surface area contributed by atoms with Crippen LogP contribution < -0.4 is 0 Å². The Kier molecular flexibility index (Phi) is 15.5. The maximum atomic E-state index is 11.0. The highest BCUT2D eigenvalue weighted by molar-refractivity contribution is 5.49. The van der Waals surface area contributed by atoms with Crippen molar-refractivity contribution in [3.05, 3.63) is 70.5 Å². The molecule has 0 unspecified atom stereocenters. The van der Waals surface area contributed by atoms with Gasteiger partial charge in [-0.05, 0) is 44.6 Å². The minimum absolute atomic E-state index is 0.231. The van der Waals surface area contributed by atoms with Crippen molar-refractivity contribution in [3.63, 3.8) is 0 Å². The SMILES string of the molecule is CC/C=C/C/C=C/C/C=C(/C/C=C/C/C=C/CCCC=O)[N+](=O)[O-]. The van der Waals surface area contributed by atoms with Crippen molar-refractivity contribution in [2.45, 2.75) is 58.3 Å². The predicted molar refractivity (Wildman–Crippen MR) is 100 cm³/mol. The number of nitrogens with zero attached hydrogens (tertiary/aromatic N) is 1. The van der Waals surface area contributed by atoms with Gasteiger partial charge in [0.2, 0.25) is 5.70 Å². The lowest BCUT2D eigenvalue weighted by Crippen LogP contribution is -1.97. The van der Waals surface area contributed by atoms with E-state index in [1.165, 1.54) is 0 Å². The highest BCUT2D eigenvalue weighted by atomic mass is 16.6. The molecule has 0 spiro atoms. The summed E-state index contributed by atoms with van der Waals surface area (Å²) in [5.74, 6) is 0. The first-order valence-corrected chi connectivity index (χ1v) is 8.59. The van der Waals surface area contributed by atoms with E-state index in [-0.39, 0.29) is 10.6 Å². The standard InChI is InChI=1S/C20H29NO3/c1-2-3-4-5-8-11-14-17-20(21(23)24)18-15-12-9-6-7-10-13-16-19-22/h3-4,6-8,11-12,15,17,19H,2,5,9-10,13-14,16,18H2,1H3/b4-3+,7-6+,11-8+,15-12+,20-17-. The molecule has 0 bridgehead atoms. The lowest BCUT2D eigenvalue weighted by atomic mass is 10.2. The van der Waals surface area contributed by atoms with Gasteiger partial charge in [-0.2, -0.15) is 0 Å². The van der Waals surface area contributed by atoms with E-state index in [1.54, 1.807) is 6.08 Å². The molecule has 0 fully saturated rings. The molecule has 0 aromatic rings. The zero-order valence-corrected chi connectivity index (χ0v) is 14.6. The molecule has 0 saturated carbocycles. The van der Waals surface area contributed by atoms with E-state index in [2.05, 4.69) is 19.1 Å². The van der Waals surface area contributed by atoms with Gasteiger partial charge in [-0.15, -0.1) is 0 Å². The van der Waals surface area contributed by atoms with Crippen LogP contribution in [-0.2, 0) is 4.79 Å². The monoisotopic (exact) mass is 331 g/mol. The molecule has 0 heterocycles. The average molecular weight is 331 g/mol. The molecular formula is C20H29NO3. The molecule has 0 aromatic heterocycles. The minimum Gasteiger partial charge on any atom is -0.303 e. The molecule has 0 atom stereocenters. The number of carbonyl (C=O) groups is 1. The van der Waals surface area contributed by atoms with Gasteiger partial charge < -0.3 is 4.79 Å². The molecule has 0 aliphatic carbocycles. The van der Waals surface area contributed by atoms with E-state index in [1.807, 2.05) is 36.5 Å². The summed E-state index contributed by atoms with van der Waals surface area (Å²) in [4.78, 5) is 20.8. The van der Waals surface area contributed by atoms with Gasteiger partial charge in [-0.1, -0.05) is 55.5 Å². The van der Waals surface area contributed by atoms with Gasteiger partial charge in [-0.25, -0.2) is 0 Å². The zero-order valence-electron chi connectivity index (χ0n) is 14.6. The van der Waals surface area contributed by atoms with Crippen LogP contribution in [0.2, 0.25) is 0 Å². The second-order valence-corrected chi connectivity index (χ2v) is 5.26. The summed E-state index contributed by atoms with van der Waals surface area (Å²) in [5.41, 5.74) is 0.231. The quantitative estimate of drug-likeness (QED) is 0.135. The molecule has 0 aliphatic heterocycles. The highest BCUT2D eigenvalue weighted by Gasteiger charge is 2.06. The Bertz CT molecular complexity index is 485. The van der Waals surface area contributed by atoms with Crippen molar-refractivity contribution < 1.29 is 9.72 Å². The number of aldehydes is 1. The molecule has 0 amide bonds. The molecule has 0 saturated heterocycles. The largest absolute Gasteiger partial charge is 0.303 e. The van der Waals surface area contributed by atoms with Gasteiger partial charge in [0.15, 0.2) is 0 Å². The lowest BCUT2D eigenvalue weighted by molar-refractivity contribution is -0.427. The fraction of sp³-hybridized carbons (Fsp3) is 0.450. The second kappa shape index (κ2) is 17.1. The normalized spacial score (nSPS) is 13.0. The van der Waals surface area contributed by atoms with Gasteiger partial charge in [-0.3, -0.25) is 10.1 Å². The number of rotatable bonds is 14. The molecule has 24 heavy (non-hydrogen) atoms. The Morgan fingerprint density at radius 2 is 1.50 bits per heavy atom. The summed E-state index contributed by atoms with van der Waals surface area (Å²) < 4.78 is 0. The smallest absolute Gasteiger partial charge is 0.246 e. The number of carbonyl (C=O) groups excluding carboxylic acids is 1. The van der Waals surface area contributed by atoms with Crippen LogP contribution in [0.3, 0.4) is 0 Å². The number of nitro groups is 1. The van der Waals surface area contributed by atoms with Crippen LogP contribution in [-0.4, -0.2) is 11.2 Å².